The van der Waals surface area contributed by atoms with Crippen LogP contribution in [0.4, 0.5) is 0 Å². The number of aromatic nitrogens is 4. The molecule has 4 rings (SSSR count). The minimum atomic E-state index is -0.160. The number of aromatic amines is 1. The van der Waals surface area contributed by atoms with Crippen molar-refractivity contribution in [2.45, 2.75) is 19.4 Å². The van der Waals surface area contributed by atoms with Gasteiger partial charge in [0.05, 0.1) is 18.4 Å². The van der Waals surface area contributed by atoms with Gasteiger partial charge in [0.15, 0.2) is 5.65 Å². The van der Waals surface area contributed by atoms with Crippen LogP contribution in [0, 0.1) is 5.92 Å². The van der Waals surface area contributed by atoms with Crippen molar-refractivity contribution in [3.8, 4) is 5.69 Å². The minimum Gasteiger partial charge on any atom is -0.396 e. The predicted molar refractivity (Wildman–Crippen MR) is 94.6 cm³/mol. The summed E-state index contributed by atoms with van der Waals surface area (Å²) in [5.41, 5.74) is 1.30. The predicted octanol–water partition coefficient (Wildman–Crippen LogP) is 1.31. The van der Waals surface area contributed by atoms with Crippen LogP contribution in [0.2, 0.25) is 0 Å². The fourth-order valence-corrected chi connectivity index (χ4v) is 3.34. The molecule has 25 heavy (non-hydrogen) atoms. The van der Waals surface area contributed by atoms with E-state index in [1.54, 1.807) is 10.9 Å². The number of aliphatic hydroxyl groups is 1. The van der Waals surface area contributed by atoms with E-state index in [2.05, 4.69) is 20.0 Å². The molecule has 0 aliphatic carbocycles. The first kappa shape index (κ1) is 16.0. The molecular formula is C18H21N5O2. The maximum Gasteiger partial charge on any atom is 0.262 e. The smallest absolute Gasteiger partial charge is 0.262 e. The molecule has 3 aromatic rings. The molecule has 130 valence electrons. The summed E-state index contributed by atoms with van der Waals surface area (Å²) in [7, 11) is 0. The van der Waals surface area contributed by atoms with Crippen LogP contribution >= 0.6 is 0 Å². The van der Waals surface area contributed by atoms with Gasteiger partial charge >= 0.3 is 0 Å². The Balaban J connectivity index is 1.64. The lowest BCUT2D eigenvalue weighted by molar-refractivity contribution is 0.125. The number of fused-ring (bicyclic) bond motifs is 1. The lowest BCUT2D eigenvalue weighted by atomic mass is 9.98. The molecule has 1 aliphatic heterocycles. The highest BCUT2D eigenvalue weighted by molar-refractivity contribution is 5.75. The fraction of sp³-hybridized carbons (Fsp3) is 0.389. The van der Waals surface area contributed by atoms with Crippen molar-refractivity contribution in [3.63, 3.8) is 0 Å². The minimum absolute atomic E-state index is 0.160. The van der Waals surface area contributed by atoms with Crippen molar-refractivity contribution in [3.05, 3.63) is 52.7 Å². The highest BCUT2D eigenvalue weighted by atomic mass is 16.3. The van der Waals surface area contributed by atoms with Crippen molar-refractivity contribution < 1.29 is 5.11 Å². The van der Waals surface area contributed by atoms with E-state index in [1.807, 2.05) is 30.3 Å². The summed E-state index contributed by atoms with van der Waals surface area (Å²) in [5.74, 6) is 1.04. The van der Waals surface area contributed by atoms with Crippen LogP contribution < -0.4 is 5.56 Å². The van der Waals surface area contributed by atoms with Crippen LogP contribution in [-0.2, 0) is 6.54 Å². The number of hydrogen-bond acceptors (Lipinski definition) is 5. The summed E-state index contributed by atoms with van der Waals surface area (Å²) in [6.45, 7) is 2.67. The molecule has 0 radical (unpaired) electrons. The van der Waals surface area contributed by atoms with E-state index in [1.165, 1.54) is 0 Å². The highest BCUT2D eigenvalue weighted by Gasteiger charge is 2.20. The zero-order chi connectivity index (χ0) is 17.2. The van der Waals surface area contributed by atoms with Gasteiger partial charge < -0.3 is 10.1 Å². The summed E-state index contributed by atoms with van der Waals surface area (Å²) in [6, 6.07) is 9.69. The Bertz CT molecular complexity index is 910. The number of benzene rings is 1. The number of H-pyrrole nitrogens is 1. The third kappa shape index (κ3) is 3.20. The third-order valence-electron chi connectivity index (χ3n) is 4.83. The topological polar surface area (TPSA) is 87.0 Å². The van der Waals surface area contributed by atoms with Crippen molar-refractivity contribution in [2.75, 3.05) is 19.7 Å². The van der Waals surface area contributed by atoms with Gasteiger partial charge in [0.25, 0.3) is 5.56 Å². The standard InChI is InChI=1S/C18H21N5O2/c24-12-13-6-8-22(9-7-13)11-16-20-17-15(18(25)21-16)10-19-23(17)14-4-2-1-3-5-14/h1-5,10,13,24H,6-9,11-12H2,(H,20,21,25). The molecule has 3 heterocycles. The monoisotopic (exact) mass is 339 g/mol. The number of para-hydroxylation sites is 1. The Kier molecular flexibility index (Phi) is 4.33. The zero-order valence-electron chi connectivity index (χ0n) is 13.9. The first-order chi connectivity index (χ1) is 12.2. The number of hydrogen-bond donors (Lipinski definition) is 2. The van der Waals surface area contributed by atoms with E-state index < -0.39 is 0 Å². The lowest BCUT2D eigenvalue weighted by Gasteiger charge is -2.30. The van der Waals surface area contributed by atoms with Crippen molar-refractivity contribution in [2.24, 2.45) is 5.92 Å². The molecule has 0 atom stereocenters. The number of aliphatic hydroxyl groups excluding tert-OH is 1. The molecule has 1 aliphatic rings. The number of likely N-dealkylation sites (tertiary alicyclic amines) is 1. The van der Waals surface area contributed by atoms with Gasteiger partial charge in [0.1, 0.15) is 11.2 Å². The van der Waals surface area contributed by atoms with Gasteiger partial charge in [0.2, 0.25) is 0 Å². The fourth-order valence-electron chi connectivity index (χ4n) is 3.34. The first-order valence-electron chi connectivity index (χ1n) is 8.60. The molecule has 1 fully saturated rings. The van der Waals surface area contributed by atoms with Crippen LogP contribution in [0.1, 0.15) is 18.7 Å². The average molecular weight is 339 g/mol. The highest BCUT2D eigenvalue weighted by Crippen LogP contribution is 2.18. The normalized spacial score (nSPS) is 16.5. The van der Waals surface area contributed by atoms with E-state index in [-0.39, 0.29) is 12.2 Å². The summed E-state index contributed by atoms with van der Waals surface area (Å²) in [6.07, 6.45) is 3.51. The molecule has 1 saturated heterocycles. The van der Waals surface area contributed by atoms with Crippen LogP contribution in [-0.4, -0.2) is 49.5 Å². The molecule has 1 aromatic carbocycles. The molecule has 0 bridgehead atoms. The van der Waals surface area contributed by atoms with Crippen LogP contribution in [0.25, 0.3) is 16.7 Å². The van der Waals surface area contributed by atoms with Gasteiger partial charge in [-0.05, 0) is 44.0 Å². The molecule has 0 spiro atoms. The Hall–Kier alpha value is -2.51. The Morgan fingerprint density at radius 2 is 1.96 bits per heavy atom. The zero-order valence-corrected chi connectivity index (χ0v) is 13.9. The molecular weight excluding hydrogens is 318 g/mol. The molecule has 0 unspecified atom stereocenters. The average Bonchev–Trinajstić information content (AvgIpc) is 3.07. The Morgan fingerprint density at radius 3 is 2.68 bits per heavy atom. The molecule has 0 amide bonds. The largest absolute Gasteiger partial charge is 0.396 e. The number of nitrogens with one attached hydrogen (secondary N) is 1. The number of rotatable bonds is 4. The second-order valence-corrected chi connectivity index (χ2v) is 6.54. The van der Waals surface area contributed by atoms with Gasteiger partial charge in [-0.25, -0.2) is 9.67 Å². The summed E-state index contributed by atoms with van der Waals surface area (Å²) in [5, 5.41) is 14.1. The van der Waals surface area contributed by atoms with Crippen LogP contribution in [0.15, 0.2) is 41.3 Å². The third-order valence-corrected chi connectivity index (χ3v) is 4.83. The van der Waals surface area contributed by atoms with Gasteiger partial charge in [0, 0.05) is 6.61 Å². The number of nitrogens with zero attached hydrogens (tertiary/aromatic N) is 4. The Morgan fingerprint density at radius 1 is 1.20 bits per heavy atom. The first-order valence-corrected chi connectivity index (χ1v) is 8.60. The van der Waals surface area contributed by atoms with Crippen LogP contribution in [0.3, 0.4) is 0 Å². The quantitative estimate of drug-likeness (QED) is 0.748. The van der Waals surface area contributed by atoms with Gasteiger partial charge in [-0.1, -0.05) is 18.2 Å². The van der Waals surface area contributed by atoms with Crippen molar-refractivity contribution in [1.29, 1.82) is 0 Å². The second kappa shape index (κ2) is 6.78. The summed E-state index contributed by atoms with van der Waals surface area (Å²) >= 11 is 0. The molecule has 2 aromatic heterocycles. The summed E-state index contributed by atoms with van der Waals surface area (Å²) < 4.78 is 1.70. The van der Waals surface area contributed by atoms with Crippen molar-refractivity contribution in [1.82, 2.24) is 24.6 Å². The van der Waals surface area contributed by atoms with E-state index in [9.17, 15) is 9.90 Å². The van der Waals surface area contributed by atoms with Crippen molar-refractivity contribution >= 4 is 11.0 Å². The van der Waals surface area contributed by atoms with E-state index in [0.717, 1.165) is 31.6 Å². The van der Waals surface area contributed by atoms with Gasteiger partial charge in [-0.3, -0.25) is 9.69 Å². The summed E-state index contributed by atoms with van der Waals surface area (Å²) in [4.78, 5) is 22.2. The number of piperidine rings is 1. The van der Waals surface area contributed by atoms with E-state index >= 15 is 0 Å². The second-order valence-electron chi connectivity index (χ2n) is 6.54. The molecule has 7 heteroatoms. The van der Waals surface area contributed by atoms with Gasteiger partial charge in [-0.2, -0.15) is 5.10 Å². The van der Waals surface area contributed by atoms with E-state index in [0.29, 0.717) is 29.3 Å². The molecule has 7 nitrogen and oxygen atoms in total. The lowest BCUT2D eigenvalue weighted by Crippen LogP contribution is -2.35. The van der Waals surface area contributed by atoms with E-state index in [4.69, 9.17) is 0 Å². The SMILES string of the molecule is O=c1[nH]c(CN2CCC(CO)CC2)nc2c1cnn2-c1ccccc1. The molecule has 2 N–H and O–H groups in total. The Labute approximate surface area is 144 Å². The molecule has 0 saturated carbocycles. The van der Waals surface area contributed by atoms with Crippen LogP contribution in [0.5, 0.6) is 0 Å². The maximum absolute atomic E-state index is 12.4. The van der Waals surface area contributed by atoms with Gasteiger partial charge in [-0.15, -0.1) is 0 Å². The maximum atomic E-state index is 12.4.